The molecular weight excluding hydrogens is 244 g/mol. The van der Waals surface area contributed by atoms with Crippen molar-refractivity contribution >= 4 is 11.8 Å². The van der Waals surface area contributed by atoms with Gasteiger partial charge in [-0.3, -0.25) is 11.3 Å². The van der Waals surface area contributed by atoms with Crippen LogP contribution in [-0.2, 0) is 0 Å². The van der Waals surface area contributed by atoms with Crippen molar-refractivity contribution in [2.24, 2.45) is 5.84 Å². The van der Waals surface area contributed by atoms with Gasteiger partial charge in [0.15, 0.2) is 0 Å². The van der Waals surface area contributed by atoms with E-state index in [4.69, 9.17) is 10.6 Å². The number of methoxy groups -OCH3 is 1. The molecule has 1 rings (SSSR count). The Bertz CT molecular complexity index is 382. The van der Waals surface area contributed by atoms with Crippen molar-refractivity contribution in [3.63, 3.8) is 0 Å². The molecule has 0 aliphatic heterocycles. The van der Waals surface area contributed by atoms with E-state index in [1.54, 1.807) is 7.11 Å². The third-order valence-electron chi connectivity index (χ3n) is 3.12. The molecule has 1 aromatic rings. The van der Waals surface area contributed by atoms with Crippen LogP contribution in [0.15, 0.2) is 12.1 Å². The lowest BCUT2D eigenvalue weighted by atomic mass is 10.0. The van der Waals surface area contributed by atoms with Crippen molar-refractivity contribution in [3.05, 3.63) is 28.8 Å². The van der Waals surface area contributed by atoms with Crippen molar-refractivity contribution in [2.45, 2.75) is 33.2 Å². The van der Waals surface area contributed by atoms with Crippen molar-refractivity contribution in [3.8, 4) is 5.75 Å². The van der Waals surface area contributed by atoms with E-state index in [9.17, 15) is 0 Å². The number of hydrogen-bond donors (Lipinski definition) is 2. The van der Waals surface area contributed by atoms with Gasteiger partial charge >= 0.3 is 0 Å². The molecule has 0 aliphatic rings. The number of aryl methyl sites for hydroxylation is 1. The quantitative estimate of drug-likeness (QED) is 0.453. The van der Waals surface area contributed by atoms with Gasteiger partial charge in [0.2, 0.25) is 0 Å². The maximum absolute atomic E-state index is 5.68. The minimum atomic E-state index is 0.135. The van der Waals surface area contributed by atoms with Crippen molar-refractivity contribution in [1.82, 2.24) is 5.43 Å². The van der Waals surface area contributed by atoms with Gasteiger partial charge < -0.3 is 4.74 Å². The number of nitrogens with two attached hydrogens (primary N) is 1. The number of ether oxygens (including phenoxy) is 1. The second-order valence-electron chi connectivity index (χ2n) is 4.42. The minimum Gasteiger partial charge on any atom is -0.496 e. The number of benzene rings is 1. The van der Waals surface area contributed by atoms with Crippen LogP contribution in [0.5, 0.6) is 5.75 Å². The molecule has 0 spiro atoms. The first-order valence-electron chi connectivity index (χ1n) is 6.33. The van der Waals surface area contributed by atoms with Gasteiger partial charge in [-0.15, -0.1) is 0 Å². The molecule has 0 amide bonds. The topological polar surface area (TPSA) is 47.3 Å². The SMILES string of the molecule is CCCSCC(NN)c1ccc(C)c(C)c1OC. The minimum absolute atomic E-state index is 0.135. The Balaban J connectivity index is 2.94. The Morgan fingerprint density at radius 3 is 2.67 bits per heavy atom. The Kier molecular flexibility index (Phi) is 6.54. The summed E-state index contributed by atoms with van der Waals surface area (Å²) < 4.78 is 5.54. The fourth-order valence-corrected chi connectivity index (χ4v) is 2.90. The van der Waals surface area contributed by atoms with Crippen LogP contribution in [0.4, 0.5) is 0 Å². The molecule has 0 fully saturated rings. The number of thioether (sulfide) groups is 1. The first-order valence-corrected chi connectivity index (χ1v) is 7.49. The molecule has 3 nitrogen and oxygen atoms in total. The van der Waals surface area contributed by atoms with E-state index in [2.05, 4.69) is 38.3 Å². The zero-order chi connectivity index (χ0) is 13.5. The molecule has 18 heavy (non-hydrogen) atoms. The summed E-state index contributed by atoms with van der Waals surface area (Å²) in [6.45, 7) is 6.37. The van der Waals surface area contributed by atoms with Crippen LogP contribution in [0.1, 0.15) is 36.1 Å². The zero-order valence-corrected chi connectivity index (χ0v) is 12.6. The predicted octanol–water partition coefficient (Wildman–Crippen LogP) is 2.96. The smallest absolute Gasteiger partial charge is 0.126 e. The molecule has 0 heterocycles. The van der Waals surface area contributed by atoms with E-state index in [0.29, 0.717) is 0 Å². The normalized spacial score (nSPS) is 12.5. The van der Waals surface area contributed by atoms with E-state index in [-0.39, 0.29) is 6.04 Å². The molecular formula is C14H24N2OS. The average Bonchev–Trinajstić information content (AvgIpc) is 2.38. The summed E-state index contributed by atoms with van der Waals surface area (Å²) in [5.74, 6) is 8.75. The Labute approximate surface area is 114 Å². The van der Waals surface area contributed by atoms with Crippen LogP contribution in [0.2, 0.25) is 0 Å². The van der Waals surface area contributed by atoms with Crippen molar-refractivity contribution in [2.75, 3.05) is 18.6 Å². The monoisotopic (exact) mass is 268 g/mol. The van der Waals surface area contributed by atoms with Crippen LogP contribution in [0.3, 0.4) is 0 Å². The Morgan fingerprint density at radius 1 is 1.39 bits per heavy atom. The summed E-state index contributed by atoms with van der Waals surface area (Å²) in [5, 5.41) is 0. The van der Waals surface area contributed by atoms with Crippen LogP contribution in [-0.4, -0.2) is 18.6 Å². The fraction of sp³-hybridized carbons (Fsp3) is 0.571. The number of nitrogens with one attached hydrogen (secondary N) is 1. The summed E-state index contributed by atoms with van der Waals surface area (Å²) in [4.78, 5) is 0. The highest BCUT2D eigenvalue weighted by Crippen LogP contribution is 2.32. The van der Waals surface area contributed by atoms with Crippen LogP contribution >= 0.6 is 11.8 Å². The van der Waals surface area contributed by atoms with Gasteiger partial charge in [-0.2, -0.15) is 11.8 Å². The summed E-state index contributed by atoms with van der Waals surface area (Å²) in [7, 11) is 1.72. The first kappa shape index (κ1) is 15.3. The summed E-state index contributed by atoms with van der Waals surface area (Å²) in [5.41, 5.74) is 6.48. The lowest BCUT2D eigenvalue weighted by Crippen LogP contribution is -2.30. The van der Waals surface area contributed by atoms with Crippen LogP contribution < -0.4 is 16.0 Å². The van der Waals surface area contributed by atoms with E-state index >= 15 is 0 Å². The lowest BCUT2D eigenvalue weighted by Gasteiger charge is -2.21. The molecule has 1 unspecified atom stereocenters. The molecule has 102 valence electrons. The molecule has 1 aromatic carbocycles. The van der Waals surface area contributed by atoms with E-state index < -0.39 is 0 Å². The molecule has 1 atom stereocenters. The highest BCUT2D eigenvalue weighted by atomic mass is 32.2. The van der Waals surface area contributed by atoms with E-state index in [0.717, 1.165) is 22.8 Å². The molecule has 0 saturated carbocycles. The third-order valence-corrected chi connectivity index (χ3v) is 4.39. The number of hydrazine groups is 1. The molecule has 3 N–H and O–H groups in total. The van der Waals surface area contributed by atoms with E-state index in [1.165, 1.54) is 17.5 Å². The Hall–Kier alpha value is -0.710. The fourth-order valence-electron chi connectivity index (χ4n) is 1.93. The van der Waals surface area contributed by atoms with Gasteiger partial charge in [0.25, 0.3) is 0 Å². The molecule has 0 radical (unpaired) electrons. The highest BCUT2D eigenvalue weighted by Gasteiger charge is 2.17. The molecule has 0 aromatic heterocycles. The molecule has 4 heteroatoms. The van der Waals surface area contributed by atoms with Gasteiger partial charge in [-0.25, -0.2) is 0 Å². The van der Waals surface area contributed by atoms with Crippen molar-refractivity contribution in [1.29, 1.82) is 0 Å². The molecule has 0 bridgehead atoms. The summed E-state index contributed by atoms with van der Waals surface area (Å²) in [6, 6.07) is 4.37. The number of hydrogen-bond acceptors (Lipinski definition) is 4. The summed E-state index contributed by atoms with van der Waals surface area (Å²) in [6.07, 6.45) is 1.19. The second-order valence-corrected chi connectivity index (χ2v) is 5.57. The van der Waals surface area contributed by atoms with Gasteiger partial charge in [-0.1, -0.05) is 19.1 Å². The number of rotatable bonds is 7. The van der Waals surface area contributed by atoms with Gasteiger partial charge in [0, 0.05) is 11.3 Å². The van der Waals surface area contributed by atoms with Gasteiger partial charge in [-0.05, 0) is 37.1 Å². The van der Waals surface area contributed by atoms with Gasteiger partial charge in [0.1, 0.15) is 5.75 Å². The van der Waals surface area contributed by atoms with E-state index in [1.807, 2.05) is 11.8 Å². The zero-order valence-electron chi connectivity index (χ0n) is 11.7. The summed E-state index contributed by atoms with van der Waals surface area (Å²) >= 11 is 1.91. The largest absolute Gasteiger partial charge is 0.496 e. The van der Waals surface area contributed by atoms with Crippen molar-refractivity contribution < 1.29 is 4.74 Å². The lowest BCUT2D eigenvalue weighted by molar-refractivity contribution is 0.399. The van der Waals surface area contributed by atoms with Crippen LogP contribution in [0.25, 0.3) is 0 Å². The first-order chi connectivity index (χ1) is 8.65. The van der Waals surface area contributed by atoms with Crippen LogP contribution in [0, 0.1) is 13.8 Å². The second kappa shape index (κ2) is 7.67. The maximum atomic E-state index is 5.68. The van der Waals surface area contributed by atoms with Gasteiger partial charge in [0.05, 0.1) is 13.2 Å². The highest BCUT2D eigenvalue weighted by molar-refractivity contribution is 7.99. The average molecular weight is 268 g/mol. The predicted molar refractivity (Wildman–Crippen MR) is 80.1 cm³/mol. The standard InChI is InChI=1S/C14H24N2OS/c1-5-8-18-9-13(16-15)12-7-6-10(2)11(3)14(12)17-4/h6-7,13,16H,5,8-9,15H2,1-4H3. The molecule has 0 saturated heterocycles. The maximum Gasteiger partial charge on any atom is 0.126 e. The third kappa shape index (κ3) is 3.64. The Morgan fingerprint density at radius 2 is 2.11 bits per heavy atom. The molecule has 0 aliphatic carbocycles.